The van der Waals surface area contributed by atoms with Gasteiger partial charge >= 0.3 is 0 Å². The summed E-state index contributed by atoms with van der Waals surface area (Å²) in [6.07, 6.45) is 3.26. The molecule has 6 nitrogen and oxygen atoms in total. The first kappa shape index (κ1) is 13.0. The third-order valence-electron chi connectivity index (χ3n) is 3.76. The van der Waals surface area contributed by atoms with Crippen molar-refractivity contribution < 1.29 is 9.53 Å². The number of hydrogen-bond donors (Lipinski definition) is 2. The van der Waals surface area contributed by atoms with E-state index in [1.54, 1.807) is 24.5 Å². The third-order valence-corrected chi connectivity index (χ3v) is 3.76. The van der Waals surface area contributed by atoms with Gasteiger partial charge in [-0.15, -0.1) is 0 Å². The van der Waals surface area contributed by atoms with Crippen LogP contribution in [0.15, 0.2) is 30.6 Å². The highest BCUT2D eigenvalue weighted by atomic mass is 16.5. The van der Waals surface area contributed by atoms with Crippen LogP contribution in [0, 0.1) is 5.41 Å². The summed E-state index contributed by atoms with van der Waals surface area (Å²) in [6.45, 7) is 2.57. The van der Waals surface area contributed by atoms with E-state index in [4.69, 9.17) is 10.5 Å². The number of aromatic nitrogens is 2. The van der Waals surface area contributed by atoms with Crippen molar-refractivity contribution >= 4 is 22.6 Å². The smallest absolute Gasteiger partial charge is 0.234 e. The van der Waals surface area contributed by atoms with Gasteiger partial charge in [0, 0.05) is 24.1 Å². The Morgan fingerprint density at radius 3 is 2.85 bits per heavy atom. The first-order valence-electron chi connectivity index (χ1n) is 6.45. The minimum Gasteiger partial charge on any atom is -0.379 e. The molecule has 1 aromatic carbocycles. The van der Waals surface area contributed by atoms with E-state index in [2.05, 4.69) is 15.3 Å². The van der Waals surface area contributed by atoms with Crippen LogP contribution in [0.3, 0.4) is 0 Å². The molecule has 6 heteroatoms. The summed E-state index contributed by atoms with van der Waals surface area (Å²) < 4.78 is 5.29. The quantitative estimate of drug-likeness (QED) is 0.849. The molecule has 2 unspecified atom stereocenters. The predicted octanol–water partition coefficient (Wildman–Crippen LogP) is 0.932. The number of carbonyl (C=O) groups excluding carboxylic acids is 1. The number of ether oxygens (including phenoxy) is 1. The highest BCUT2D eigenvalue weighted by molar-refractivity contribution is 5.97. The normalized spacial score (nSPS) is 25.8. The Morgan fingerprint density at radius 1 is 1.40 bits per heavy atom. The Bertz CT molecular complexity index is 660. The van der Waals surface area contributed by atoms with E-state index in [9.17, 15) is 4.79 Å². The van der Waals surface area contributed by atoms with E-state index in [-0.39, 0.29) is 11.9 Å². The van der Waals surface area contributed by atoms with Crippen molar-refractivity contribution in [2.24, 2.45) is 11.1 Å². The SMILES string of the molecule is CC1(C(=O)Nc2ccc3nccnc3c2)COCC1N. The largest absolute Gasteiger partial charge is 0.379 e. The number of nitrogens with one attached hydrogen (secondary N) is 1. The van der Waals surface area contributed by atoms with Crippen LogP contribution in [-0.2, 0) is 9.53 Å². The van der Waals surface area contributed by atoms with Gasteiger partial charge in [0.1, 0.15) is 0 Å². The molecule has 104 valence electrons. The summed E-state index contributed by atoms with van der Waals surface area (Å²) in [7, 11) is 0. The predicted molar refractivity (Wildman–Crippen MR) is 75.1 cm³/mol. The van der Waals surface area contributed by atoms with Crippen molar-refractivity contribution in [2.45, 2.75) is 13.0 Å². The summed E-state index contributed by atoms with van der Waals surface area (Å²) in [5.41, 5.74) is 7.46. The first-order valence-corrected chi connectivity index (χ1v) is 6.45. The molecule has 0 bridgehead atoms. The fourth-order valence-corrected chi connectivity index (χ4v) is 2.24. The minimum atomic E-state index is -0.697. The van der Waals surface area contributed by atoms with Crippen molar-refractivity contribution in [3.8, 4) is 0 Å². The second kappa shape index (κ2) is 4.81. The molecule has 2 atom stereocenters. The number of fused-ring (bicyclic) bond motifs is 1. The third kappa shape index (κ3) is 2.13. The Balaban J connectivity index is 1.84. The van der Waals surface area contributed by atoms with Gasteiger partial charge in [-0.3, -0.25) is 14.8 Å². The number of hydrogen-bond acceptors (Lipinski definition) is 5. The molecule has 0 aliphatic carbocycles. The topological polar surface area (TPSA) is 90.1 Å². The Kier molecular flexibility index (Phi) is 3.11. The highest BCUT2D eigenvalue weighted by Gasteiger charge is 2.44. The van der Waals surface area contributed by atoms with Crippen LogP contribution in [0.25, 0.3) is 11.0 Å². The number of benzene rings is 1. The second-order valence-corrected chi connectivity index (χ2v) is 5.25. The van der Waals surface area contributed by atoms with Gasteiger partial charge in [0.15, 0.2) is 0 Å². The number of anilines is 1. The lowest BCUT2D eigenvalue weighted by Gasteiger charge is -2.25. The van der Waals surface area contributed by atoms with E-state index in [1.165, 1.54) is 0 Å². The van der Waals surface area contributed by atoms with E-state index >= 15 is 0 Å². The lowest BCUT2D eigenvalue weighted by Crippen LogP contribution is -2.47. The van der Waals surface area contributed by atoms with Crippen LogP contribution in [0.1, 0.15) is 6.92 Å². The number of nitrogens with zero attached hydrogens (tertiary/aromatic N) is 2. The molecule has 0 radical (unpaired) electrons. The first-order chi connectivity index (χ1) is 9.59. The minimum absolute atomic E-state index is 0.134. The maximum atomic E-state index is 12.4. The molecule has 0 spiro atoms. The lowest BCUT2D eigenvalue weighted by molar-refractivity contribution is -0.125. The molecule has 3 N–H and O–H groups in total. The number of nitrogens with two attached hydrogens (primary N) is 1. The molecule has 1 aromatic heterocycles. The zero-order valence-corrected chi connectivity index (χ0v) is 11.2. The zero-order chi connectivity index (χ0) is 14.2. The van der Waals surface area contributed by atoms with Crippen LogP contribution < -0.4 is 11.1 Å². The van der Waals surface area contributed by atoms with Crippen LogP contribution in [0.2, 0.25) is 0 Å². The summed E-state index contributed by atoms with van der Waals surface area (Å²) in [6, 6.07) is 5.14. The Labute approximate surface area is 116 Å². The highest BCUT2D eigenvalue weighted by Crippen LogP contribution is 2.29. The summed E-state index contributed by atoms with van der Waals surface area (Å²) in [4.78, 5) is 20.8. The average molecular weight is 272 g/mol. The van der Waals surface area contributed by atoms with Crippen LogP contribution in [-0.4, -0.2) is 35.1 Å². The standard InChI is InChI=1S/C14H16N4O2/c1-14(8-20-7-12(14)15)13(19)18-9-2-3-10-11(6-9)17-5-4-16-10/h2-6,12H,7-8,15H2,1H3,(H,18,19). The fourth-order valence-electron chi connectivity index (χ4n) is 2.24. The van der Waals surface area contributed by atoms with Crippen LogP contribution in [0.4, 0.5) is 5.69 Å². The van der Waals surface area contributed by atoms with Crippen molar-refractivity contribution in [3.63, 3.8) is 0 Å². The fraction of sp³-hybridized carbons (Fsp3) is 0.357. The second-order valence-electron chi connectivity index (χ2n) is 5.25. The van der Waals surface area contributed by atoms with E-state index in [0.717, 1.165) is 11.0 Å². The molecule has 1 saturated heterocycles. The number of rotatable bonds is 2. The maximum Gasteiger partial charge on any atom is 0.234 e. The molecule has 20 heavy (non-hydrogen) atoms. The maximum absolute atomic E-state index is 12.4. The van der Waals surface area contributed by atoms with Crippen molar-refractivity contribution in [1.29, 1.82) is 0 Å². The molecule has 1 fully saturated rings. The van der Waals surface area contributed by atoms with Crippen molar-refractivity contribution in [3.05, 3.63) is 30.6 Å². The average Bonchev–Trinajstić information content (AvgIpc) is 2.80. The van der Waals surface area contributed by atoms with Gasteiger partial charge in [-0.1, -0.05) is 0 Å². The Hall–Kier alpha value is -2.05. The number of carbonyl (C=O) groups is 1. The summed E-state index contributed by atoms with van der Waals surface area (Å²) in [5.74, 6) is -0.134. The molecule has 2 heterocycles. The van der Waals surface area contributed by atoms with Gasteiger partial charge < -0.3 is 15.8 Å². The molecule has 3 rings (SSSR count). The van der Waals surface area contributed by atoms with Gasteiger partial charge in [0.05, 0.1) is 29.7 Å². The lowest BCUT2D eigenvalue weighted by atomic mass is 9.85. The molecule has 1 aliphatic rings. The van der Waals surface area contributed by atoms with Gasteiger partial charge in [-0.25, -0.2) is 0 Å². The monoisotopic (exact) mass is 272 g/mol. The van der Waals surface area contributed by atoms with Crippen molar-refractivity contribution in [1.82, 2.24) is 9.97 Å². The number of amides is 1. The molecular weight excluding hydrogens is 256 g/mol. The Morgan fingerprint density at radius 2 is 2.15 bits per heavy atom. The molecule has 2 aromatic rings. The van der Waals surface area contributed by atoms with Gasteiger partial charge in [0.25, 0.3) is 0 Å². The van der Waals surface area contributed by atoms with Crippen molar-refractivity contribution in [2.75, 3.05) is 18.5 Å². The van der Waals surface area contributed by atoms with Gasteiger partial charge in [-0.05, 0) is 25.1 Å². The van der Waals surface area contributed by atoms with Crippen LogP contribution >= 0.6 is 0 Å². The molecular formula is C14H16N4O2. The van der Waals surface area contributed by atoms with Crippen LogP contribution in [0.5, 0.6) is 0 Å². The van der Waals surface area contributed by atoms with Gasteiger partial charge in [0.2, 0.25) is 5.91 Å². The van der Waals surface area contributed by atoms with E-state index < -0.39 is 5.41 Å². The molecule has 0 saturated carbocycles. The molecule has 1 amide bonds. The van der Waals surface area contributed by atoms with E-state index in [0.29, 0.717) is 18.9 Å². The van der Waals surface area contributed by atoms with Gasteiger partial charge in [-0.2, -0.15) is 0 Å². The molecule has 1 aliphatic heterocycles. The zero-order valence-electron chi connectivity index (χ0n) is 11.2. The summed E-state index contributed by atoms with van der Waals surface area (Å²) >= 11 is 0. The van der Waals surface area contributed by atoms with E-state index in [1.807, 2.05) is 13.0 Å². The summed E-state index contributed by atoms with van der Waals surface area (Å²) in [5, 5.41) is 2.88.